The zero-order chi connectivity index (χ0) is 22.7. The first-order chi connectivity index (χ1) is 15.3. The van der Waals surface area contributed by atoms with E-state index in [-0.39, 0.29) is 11.8 Å². The van der Waals surface area contributed by atoms with Crippen molar-refractivity contribution in [1.29, 1.82) is 0 Å². The number of hydrogen-bond acceptors (Lipinski definition) is 7. The molecule has 0 saturated carbocycles. The number of carbonyl (C=O) groups excluding carboxylic acids is 1. The zero-order valence-electron chi connectivity index (χ0n) is 17.9. The molecule has 1 amide bonds. The van der Waals surface area contributed by atoms with E-state index in [1.54, 1.807) is 6.20 Å². The normalized spacial score (nSPS) is 15.4. The van der Waals surface area contributed by atoms with Crippen molar-refractivity contribution in [1.82, 2.24) is 23.8 Å². The fraction of sp³-hybridized carbons (Fsp3) is 0.333. The molecule has 0 unspecified atom stereocenters. The molecule has 1 aliphatic rings. The van der Waals surface area contributed by atoms with Crippen LogP contribution < -0.4 is 10.6 Å². The van der Waals surface area contributed by atoms with E-state index in [9.17, 15) is 13.2 Å². The van der Waals surface area contributed by atoms with Crippen LogP contribution in [0.5, 0.6) is 0 Å². The van der Waals surface area contributed by atoms with E-state index < -0.39 is 10.0 Å². The predicted octanol–water partition coefficient (Wildman–Crippen LogP) is 2.32. The number of anilines is 3. The van der Waals surface area contributed by atoms with Crippen LogP contribution in [0.4, 0.5) is 17.2 Å². The second-order valence-corrected chi connectivity index (χ2v) is 9.72. The van der Waals surface area contributed by atoms with Crippen molar-refractivity contribution in [2.75, 3.05) is 30.0 Å². The Morgan fingerprint density at radius 2 is 1.75 bits per heavy atom. The van der Waals surface area contributed by atoms with E-state index >= 15 is 0 Å². The summed E-state index contributed by atoms with van der Waals surface area (Å²) in [5.41, 5.74) is 1.50. The van der Waals surface area contributed by atoms with Crippen molar-refractivity contribution in [3.63, 3.8) is 0 Å². The molecule has 3 aromatic rings. The van der Waals surface area contributed by atoms with Crippen LogP contribution in [0.2, 0.25) is 0 Å². The molecule has 1 aliphatic heterocycles. The number of piperidine rings is 1. The maximum atomic E-state index is 12.6. The van der Waals surface area contributed by atoms with E-state index in [0.29, 0.717) is 43.3 Å². The van der Waals surface area contributed by atoms with Gasteiger partial charge in [0.05, 0.1) is 6.26 Å². The van der Waals surface area contributed by atoms with Gasteiger partial charge in [-0.1, -0.05) is 0 Å². The minimum absolute atomic E-state index is 0.0880. The van der Waals surface area contributed by atoms with Gasteiger partial charge in [-0.3, -0.25) is 9.36 Å². The number of rotatable bonds is 6. The Morgan fingerprint density at radius 3 is 2.38 bits per heavy atom. The number of carbonyl (C=O) groups is 1. The smallest absolute Gasteiger partial charge is 0.227 e. The van der Waals surface area contributed by atoms with Crippen LogP contribution in [-0.4, -0.2) is 57.5 Å². The molecule has 0 spiro atoms. The van der Waals surface area contributed by atoms with Crippen LogP contribution in [0.3, 0.4) is 0 Å². The van der Waals surface area contributed by atoms with Gasteiger partial charge in [0.25, 0.3) is 0 Å². The van der Waals surface area contributed by atoms with E-state index in [1.807, 2.05) is 48.0 Å². The predicted molar refractivity (Wildman–Crippen MR) is 121 cm³/mol. The van der Waals surface area contributed by atoms with Crippen LogP contribution in [-0.2, 0) is 14.8 Å². The van der Waals surface area contributed by atoms with Gasteiger partial charge in [0, 0.05) is 48.8 Å². The highest BCUT2D eigenvalue weighted by Gasteiger charge is 2.28. The Morgan fingerprint density at radius 1 is 1.06 bits per heavy atom. The highest BCUT2D eigenvalue weighted by atomic mass is 32.2. The lowest BCUT2D eigenvalue weighted by Gasteiger charge is -2.29. The van der Waals surface area contributed by atoms with Gasteiger partial charge in [0.2, 0.25) is 15.9 Å². The number of amides is 1. The number of benzene rings is 1. The lowest BCUT2D eigenvalue weighted by atomic mass is 9.97. The van der Waals surface area contributed by atoms with Gasteiger partial charge in [-0.15, -0.1) is 0 Å². The fourth-order valence-electron chi connectivity index (χ4n) is 3.65. The van der Waals surface area contributed by atoms with Crippen molar-refractivity contribution < 1.29 is 13.2 Å². The van der Waals surface area contributed by atoms with Gasteiger partial charge in [0.1, 0.15) is 23.8 Å². The molecule has 0 radical (unpaired) electrons. The lowest BCUT2D eigenvalue weighted by molar-refractivity contribution is -0.120. The van der Waals surface area contributed by atoms with E-state index in [0.717, 1.165) is 11.5 Å². The van der Waals surface area contributed by atoms with Crippen molar-refractivity contribution in [3.05, 3.63) is 54.9 Å². The topological polar surface area (TPSA) is 122 Å². The number of aryl methyl sites for hydroxylation is 1. The Bertz CT molecular complexity index is 1200. The number of sulfonamides is 1. The second-order valence-electron chi connectivity index (χ2n) is 7.73. The van der Waals surface area contributed by atoms with Gasteiger partial charge in [-0.05, 0) is 44.0 Å². The summed E-state index contributed by atoms with van der Waals surface area (Å²) in [6.45, 7) is 2.65. The molecule has 168 valence electrons. The third kappa shape index (κ3) is 5.11. The molecule has 1 aromatic carbocycles. The summed E-state index contributed by atoms with van der Waals surface area (Å²) in [6.07, 6.45) is 7.28. The third-order valence-corrected chi connectivity index (χ3v) is 6.75. The standard InChI is InChI=1S/C21H25N7O3S/c1-15-22-9-12-28(15)20-13-19(23-14-24-20)25-17-3-5-18(6-4-17)26-21(29)16-7-10-27(11-8-16)32(2,30)31/h3-6,9,12-14,16H,7-8,10-11H2,1-2H3,(H,26,29)(H,23,24,25). The fourth-order valence-corrected chi connectivity index (χ4v) is 4.52. The molecular formula is C21H25N7O3S. The van der Waals surface area contributed by atoms with E-state index in [1.165, 1.54) is 16.9 Å². The number of nitrogens with one attached hydrogen (secondary N) is 2. The quantitative estimate of drug-likeness (QED) is 0.585. The summed E-state index contributed by atoms with van der Waals surface area (Å²) in [5.74, 6) is 1.89. The number of imidazole rings is 1. The summed E-state index contributed by atoms with van der Waals surface area (Å²) in [6, 6.07) is 9.16. The van der Waals surface area contributed by atoms with E-state index in [4.69, 9.17) is 0 Å². The molecule has 3 heterocycles. The maximum absolute atomic E-state index is 12.6. The van der Waals surface area contributed by atoms with Crippen LogP contribution in [0.1, 0.15) is 18.7 Å². The molecule has 0 bridgehead atoms. The molecule has 1 saturated heterocycles. The van der Waals surface area contributed by atoms with Gasteiger partial charge in [-0.2, -0.15) is 0 Å². The van der Waals surface area contributed by atoms with Crippen LogP contribution in [0.25, 0.3) is 5.82 Å². The van der Waals surface area contributed by atoms with Gasteiger partial charge in [-0.25, -0.2) is 27.7 Å². The summed E-state index contributed by atoms with van der Waals surface area (Å²) < 4.78 is 26.5. The highest BCUT2D eigenvalue weighted by molar-refractivity contribution is 7.88. The third-order valence-electron chi connectivity index (χ3n) is 5.44. The Hall–Kier alpha value is -3.31. The largest absolute Gasteiger partial charge is 0.340 e. The van der Waals surface area contributed by atoms with Gasteiger partial charge in [0.15, 0.2) is 0 Å². The Balaban J connectivity index is 1.35. The molecule has 1 fully saturated rings. The van der Waals surface area contributed by atoms with Gasteiger partial charge >= 0.3 is 0 Å². The Labute approximate surface area is 186 Å². The highest BCUT2D eigenvalue weighted by Crippen LogP contribution is 2.23. The molecule has 2 N–H and O–H groups in total. The van der Waals surface area contributed by atoms with Crippen molar-refractivity contribution >= 4 is 33.1 Å². The first-order valence-electron chi connectivity index (χ1n) is 10.2. The number of nitrogens with zero attached hydrogens (tertiary/aromatic N) is 5. The molecule has 10 nitrogen and oxygen atoms in total. The SMILES string of the molecule is Cc1nccn1-c1cc(Nc2ccc(NC(=O)C3CCN(S(C)(=O)=O)CC3)cc2)ncn1. The van der Waals surface area contributed by atoms with Gasteiger partial charge < -0.3 is 10.6 Å². The number of hydrogen-bond donors (Lipinski definition) is 2. The minimum atomic E-state index is -3.20. The van der Waals surface area contributed by atoms with Crippen LogP contribution >= 0.6 is 0 Å². The lowest BCUT2D eigenvalue weighted by Crippen LogP contribution is -2.40. The summed E-state index contributed by atoms with van der Waals surface area (Å²) in [7, 11) is -3.20. The van der Waals surface area contributed by atoms with Crippen molar-refractivity contribution in [2.45, 2.75) is 19.8 Å². The minimum Gasteiger partial charge on any atom is -0.340 e. The average molecular weight is 456 g/mol. The molecule has 2 aromatic heterocycles. The summed E-state index contributed by atoms with van der Waals surface area (Å²) in [5, 5.41) is 6.15. The Kier molecular flexibility index (Phi) is 6.19. The van der Waals surface area contributed by atoms with Crippen LogP contribution in [0.15, 0.2) is 49.1 Å². The molecule has 11 heteroatoms. The van der Waals surface area contributed by atoms with Crippen molar-refractivity contribution in [3.8, 4) is 5.82 Å². The second kappa shape index (κ2) is 9.05. The summed E-state index contributed by atoms with van der Waals surface area (Å²) in [4.78, 5) is 25.3. The zero-order valence-corrected chi connectivity index (χ0v) is 18.7. The maximum Gasteiger partial charge on any atom is 0.227 e. The first-order valence-corrected chi connectivity index (χ1v) is 12.1. The van der Waals surface area contributed by atoms with Crippen molar-refractivity contribution in [2.24, 2.45) is 5.92 Å². The first kappa shape index (κ1) is 21.9. The molecule has 32 heavy (non-hydrogen) atoms. The molecule has 4 rings (SSSR count). The van der Waals surface area contributed by atoms with E-state index in [2.05, 4.69) is 25.6 Å². The van der Waals surface area contributed by atoms with Crippen LogP contribution in [0, 0.1) is 12.8 Å². The molecular weight excluding hydrogens is 430 g/mol. The average Bonchev–Trinajstić information content (AvgIpc) is 3.21. The monoisotopic (exact) mass is 455 g/mol. The summed E-state index contributed by atoms with van der Waals surface area (Å²) >= 11 is 0. The molecule has 0 atom stereocenters. The molecule has 0 aliphatic carbocycles. The number of aromatic nitrogens is 4.